The van der Waals surface area contributed by atoms with Crippen LogP contribution in [0, 0.1) is 6.92 Å². The third-order valence-electron chi connectivity index (χ3n) is 4.40. The van der Waals surface area contributed by atoms with Gasteiger partial charge in [0.15, 0.2) is 6.10 Å². The molecule has 3 rings (SSSR count). The molecule has 2 amide bonds. The fourth-order valence-corrected chi connectivity index (χ4v) is 2.78. The van der Waals surface area contributed by atoms with Crippen molar-refractivity contribution in [3.05, 3.63) is 83.8 Å². The third-order valence-corrected chi connectivity index (χ3v) is 4.40. The summed E-state index contributed by atoms with van der Waals surface area (Å²) < 4.78 is 11.0. The van der Waals surface area contributed by atoms with Crippen molar-refractivity contribution in [2.24, 2.45) is 0 Å². The maximum atomic E-state index is 12.8. The molecule has 1 aromatic heterocycles. The zero-order chi connectivity index (χ0) is 20.6. The minimum absolute atomic E-state index is 0.266. The number of carbonyl (C=O) groups excluding carboxylic acids is 2. The van der Waals surface area contributed by atoms with Crippen LogP contribution in [0.15, 0.2) is 71.3 Å². The molecule has 6 nitrogen and oxygen atoms in total. The predicted molar refractivity (Wildman–Crippen MR) is 111 cm³/mol. The van der Waals surface area contributed by atoms with Crippen molar-refractivity contribution < 1.29 is 18.7 Å². The molecule has 1 atom stereocenters. The van der Waals surface area contributed by atoms with E-state index in [4.69, 9.17) is 9.15 Å². The topological polar surface area (TPSA) is 80.6 Å². The molecule has 0 saturated heterocycles. The fourth-order valence-electron chi connectivity index (χ4n) is 2.78. The van der Waals surface area contributed by atoms with E-state index in [-0.39, 0.29) is 18.4 Å². The monoisotopic (exact) mass is 392 g/mol. The van der Waals surface area contributed by atoms with Crippen LogP contribution in [0.5, 0.6) is 5.75 Å². The van der Waals surface area contributed by atoms with Crippen LogP contribution in [0.3, 0.4) is 0 Å². The second-order valence-electron chi connectivity index (χ2n) is 6.62. The molecule has 2 aromatic carbocycles. The second-order valence-corrected chi connectivity index (χ2v) is 6.62. The Kier molecular flexibility index (Phi) is 6.68. The summed E-state index contributed by atoms with van der Waals surface area (Å²) in [6, 6.07) is 17.9. The molecule has 2 N–H and O–H groups in total. The first-order valence-electron chi connectivity index (χ1n) is 9.50. The standard InChI is InChI=1S/C23H24N2O4/c1-3-21(29-17-12-10-16(2)11-13-17)23(27)25-20-9-5-4-8-19(20)22(26)24-15-18-7-6-14-28-18/h4-14,21H,3,15H2,1-2H3,(H,24,26)(H,25,27)/t21-/m0/s1. The molecule has 3 aromatic rings. The first-order valence-corrected chi connectivity index (χ1v) is 9.50. The first kappa shape index (κ1) is 20.2. The van der Waals surface area contributed by atoms with Gasteiger partial charge < -0.3 is 19.8 Å². The average molecular weight is 392 g/mol. The van der Waals surface area contributed by atoms with Crippen molar-refractivity contribution >= 4 is 17.5 Å². The summed E-state index contributed by atoms with van der Waals surface area (Å²) in [7, 11) is 0. The predicted octanol–water partition coefficient (Wildman–Crippen LogP) is 4.31. The van der Waals surface area contributed by atoms with Crippen LogP contribution in [0.25, 0.3) is 0 Å². The number of ether oxygens (including phenoxy) is 1. The molecule has 0 aliphatic heterocycles. The molecule has 0 unspecified atom stereocenters. The lowest BCUT2D eigenvalue weighted by molar-refractivity contribution is -0.122. The van der Waals surface area contributed by atoms with Crippen LogP contribution in [0.1, 0.15) is 35.0 Å². The van der Waals surface area contributed by atoms with E-state index in [2.05, 4.69) is 10.6 Å². The van der Waals surface area contributed by atoms with Gasteiger partial charge in [0.05, 0.1) is 24.1 Å². The van der Waals surface area contributed by atoms with Gasteiger partial charge in [-0.05, 0) is 49.7 Å². The van der Waals surface area contributed by atoms with Crippen molar-refractivity contribution in [3.8, 4) is 5.75 Å². The van der Waals surface area contributed by atoms with Gasteiger partial charge in [0, 0.05) is 0 Å². The number of carbonyl (C=O) groups is 2. The van der Waals surface area contributed by atoms with E-state index >= 15 is 0 Å². The van der Waals surface area contributed by atoms with Gasteiger partial charge in [0.25, 0.3) is 11.8 Å². The highest BCUT2D eigenvalue weighted by Gasteiger charge is 2.21. The Morgan fingerprint density at radius 3 is 2.48 bits per heavy atom. The number of aryl methyl sites for hydroxylation is 1. The lowest BCUT2D eigenvalue weighted by Crippen LogP contribution is -2.33. The molecule has 0 radical (unpaired) electrons. The Balaban J connectivity index is 1.67. The van der Waals surface area contributed by atoms with Crippen LogP contribution in [0.2, 0.25) is 0 Å². The molecule has 29 heavy (non-hydrogen) atoms. The number of nitrogens with one attached hydrogen (secondary N) is 2. The Bertz CT molecular complexity index is 949. The van der Waals surface area contributed by atoms with Gasteiger partial charge >= 0.3 is 0 Å². The Labute approximate surface area is 169 Å². The van der Waals surface area contributed by atoms with Gasteiger partial charge in [-0.3, -0.25) is 9.59 Å². The van der Waals surface area contributed by atoms with Gasteiger partial charge in [-0.25, -0.2) is 0 Å². The molecular formula is C23H24N2O4. The van der Waals surface area contributed by atoms with Crippen LogP contribution in [-0.4, -0.2) is 17.9 Å². The summed E-state index contributed by atoms with van der Waals surface area (Å²) >= 11 is 0. The van der Waals surface area contributed by atoms with Gasteiger partial charge in [0.1, 0.15) is 11.5 Å². The Hall–Kier alpha value is -3.54. The number of benzene rings is 2. The normalized spacial score (nSPS) is 11.5. The van der Waals surface area contributed by atoms with Gasteiger partial charge in [0.2, 0.25) is 0 Å². The minimum Gasteiger partial charge on any atom is -0.481 e. The number of anilines is 1. The summed E-state index contributed by atoms with van der Waals surface area (Å²) in [4.78, 5) is 25.3. The van der Waals surface area contributed by atoms with Crippen LogP contribution < -0.4 is 15.4 Å². The van der Waals surface area contributed by atoms with Crippen LogP contribution in [-0.2, 0) is 11.3 Å². The quantitative estimate of drug-likeness (QED) is 0.598. The summed E-state index contributed by atoms with van der Waals surface area (Å²) in [6.07, 6.45) is 1.37. The smallest absolute Gasteiger partial charge is 0.265 e. The van der Waals surface area contributed by atoms with Crippen LogP contribution in [0.4, 0.5) is 5.69 Å². The molecule has 150 valence electrons. The van der Waals surface area contributed by atoms with E-state index in [1.165, 1.54) is 0 Å². The molecule has 0 spiro atoms. The van der Waals surface area contributed by atoms with Crippen molar-refractivity contribution in [1.82, 2.24) is 5.32 Å². The van der Waals surface area contributed by atoms with Gasteiger partial charge in [-0.2, -0.15) is 0 Å². The zero-order valence-corrected chi connectivity index (χ0v) is 16.5. The summed E-state index contributed by atoms with van der Waals surface area (Å²) in [5.74, 6) is 0.670. The van der Waals surface area contributed by atoms with E-state index in [0.717, 1.165) is 5.56 Å². The number of rotatable bonds is 8. The molecular weight excluding hydrogens is 368 g/mol. The Morgan fingerprint density at radius 2 is 1.79 bits per heavy atom. The van der Waals surface area contributed by atoms with Crippen molar-refractivity contribution in [2.75, 3.05) is 5.32 Å². The fraction of sp³-hybridized carbons (Fsp3) is 0.217. The first-order chi connectivity index (χ1) is 14.1. The van der Waals surface area contributed by atoms with E-state index < -0.39 is 6.10 Å². The number of hydrogen-bond donors (Lipinski definition) is 2. The number of para-hydroxylation sites is 1. The largest absolute Gasteiger partial charge is 0.481 e. The minimum atomic E-state index is -0.669. The highest BCUT2D eigenvalue weighted by Crippen LogP contribution is 2.19. The highest BCUT2D eigenvalue weighted by molar-refractivity contribution is 6.04. The number of amides is 2. The van der Waals surface area contributed by atoms with Crippen molar-refractivity contribution in [2.45, 2.75) is 32.9 Å². The van der Waals surface area contributed by atoms with Crippen LogP contribution >= 0.6 is 0 Å². The molecule has 0 bridgehead atoms. The van der Waals surface area contributed by atoms with E-state index in [9.17, 15) is 9.59 Å². The lowest BCUT2D eigenvalue weighted by Gasteiger charge is -2.18. The highest BCUT2D eigenvalue weighted by atomic mass is 16.5. The molecule has 6 heteroatoms. The number of hydrogen-bond acceptors (Lipinski definition) is 4. The molecule has 0 aliphatic carbocycles. The lowest BCUT2D eigenvalue weighted by atomic mass is 10.1. The maximum Gasteiger partial charge on any atom is 0.265 e. The molecule has 0 saturated carbocycles. The SMILES string of the molecule is CC[C@H](Oc1ccc(C)cc1)C(=O)Nc1ccccc1C(=O)NCc1ccco1. The second kappa shape index (κ2) is 9.59. The average Bonchev–Trinajstić information content (AvgIpc) is 3.25. The molecule has 1 heterocycles. The molecule has 0 aliphatic rings. The summed E-state index contributed by atoms with van der Waals surface area (Å²) in [6.45, 7) is 4.13. The van der Waals surface area contributed by atoms with Crippen molar-refractivity contribution in [1.29, 1.82) is 0 Å². The summed E-state index contributed by atoms with van der Waals surface area (Å²) in [5.41, 5.74) is 1.92. The Morgan fingerprint density at radius 1 is 1.03 bits per heavy atom. The number of furan rings is 1. The van der Waals surface area contributed by atoms with Gasteiger partial charge in [-0.1, -0.05) is 36.8 Å². The van der Waals surface area contributed by atoms with E-state index in [1.807, 2.05) is 38.1 Å². The van der Waals surface area contributed by atoms with Gasteiger partial charge in [-0.15, -0.1) is 0 Å². The maximum absolute atomic E-state index is 12.8. The van der Waals surface area contributed by atoms with Crippen molar-refractivity contribution in [3.63, 3.8) is 0 Å². The zero-order valence-electron chi connectivity index (χ0n) is 16.5. The van der Waals surface area contributed by atoms with E-state index in [0.29, 0.717) is 29.2 Å². The molecule has 0 fully saturated rings. The third kappa shape index (κ3) is 5.48. The summed E-state index contributed by atoms with van der Waals surface area (Å²) in [5, 5.41) is 5.61. The van der Waals surface area contributed by atoms with E-state index in [1.54, 1.807) is 42.7 Å².